The first-order chi connectivity index (χ1) is 18.9. The molecule has 1 saturated heterocycles. The van der Waals surface area contributed by atoms with Crippen LogP contribution in [0.1, 0.15) is 12.0 Å². The smallest absolute Gasteiger partial charge is 0.261 e. The maximum Gasteiger partial charge on any atom is 0.261 e. The van der Waals surface area contributed by atoms with Gasteiger partial charge in [-0.15, -0.1) is 0 Å². The third-order valence-corrected chi connectivity index (χ3v) is 7.13. The van der Waals surface area contributed by atoms with Crippen LogP contribution in [-0.4, -0.2) is 53.8 Å². The number of nitrogens with one attached hydrogen (secondary N) is 2. The van der Waals surface area contributed by atoms with Gasteiger partial charge in [-0.3, -0.25) is 14.9 Å². The zero-order valence-corrected chi connectivity index (χ0v) is 20.6. The van der Waals surface area contributed by atoms with Crippen molar-refractivity contribution in [2.75, 3.05) is 13.1 Å². The highest BCUT2D eigenvalue weighted by atomic mass is 19.3. The molecule has 0 radical (unpaired) electrons. The number of aromatic nitrogens is 6. The topological polar surface area (TPSA) is 86.4 Å². The highest BCUT2D eigenvalue weighted by Crippen LogP contribution is 2.34. The predicted octanol–water partition coefficient (Wildman–Crippen LogP) is 6.21. The van der Waals surface area contributed by atoms with E-state index in [0.29, 0.717) is 46.7 Å². The normalized spacial score (nSPS) is 15.5. The molecule has 194 valence electrons. The monoisotopic (exact) mass is 525 g/mol. The Kier molecular flexibility index (Phi) is 5.44. The van der Waals surface area contributed by atoms with E-state index in [4.69, 9.17) is 4.98 Å². The number of halogens is 3. The van der Waals surface area contributed by atoms with Crippen molar-refractivity contribution in [1.29, 1.82) is 0 Å². The van der Waals surface area contributed by atoms with Gasteiger partial charge >= 0.3 is 0 Å². The molecule has 0 amide bonds. The second kappa shape index (κ2) is 9.02. The highest BCUT2D eigenvalue weighted by Gasteiger charge is 2.37. The first-order valence-electron chi connectivity index (χ1n) is 12.5. The Balaban J connectivity index is 1.25. The number of pyridine rings is 3. The fraction of sp³-hybridized carbons (Fsp3) is 0.172. The molecule has 0 unspecified atom stereocenters. The van der Waals surface area contributed by atoms with E-state index in [0.717, 1.165) is 27.6 Å². The molecule has 0 bridgehead atoms. The third-order valence-electron chi connectivity index (χ3n) is 7.13. The summed E-state index contributed by atoms with van der Waals surface area (Å²) < 4.78 is 41.8. The molecule has 6 heterocycles. The number of H-pyrrole nitrogens is 2. The fourth-order valence-electron chi connectivity index (χ4n) is 5.23. The summed E-state index contributed by atoms with van der Waals surface area (Å²) in [5.41, 5.74) is 6.38. The molecule has 7 nitrogen and oxygen atoms in total. The van der Waals surface area contributed by atoms with Crippen molar-refractivity contribution >= 4 is 22.1 Å². The quantitative estimate of drug-likeness (QED) is 0.280. The van der Waals surface area contributed by atoms with Gasteiger partial charge in [0.15, 0.2) is 0 Å². The number of aromatic amines is 2. The summed E-state index contributed by atoms with van der Waals surface area (Å²) >= 11 is 0. The molecule has 10 heteroatoms. The Bertz CT molecular complexity index is 1840. The molecule has 1 fully saturated rings. The van der Waals surface area contributed by atoms with Gasteiger partial charge in [0.25, 0.3) is 5.92 Å². The van der Waals surface area contributed by atoms with Gasteiger partial charge in [-0.25, -0.2) is 23.1 Å². The molecule has 0 aliphatic carbocycles. The first-order valence-corrected chi connectivity index (χ1v) is 12.5. The van der Waals surface area contributed by atoms with Crippen LogP contribution in [0.5, 0.6) is 0 Å². The molecular weight excluding hydrogens is 503 g/mol. The van der Waals surface area contributed by atoms with Crippen molar-refractivity contribution in [3.05, 3.63) is 85.0 Å². The van der Waals surface area contributed by atoms with Crippen molar-refractivity contribution in [1.82, 2.24) is 34.8 Å². The van der Waals surface area contributed by atoms with Crippen LogP contribution in [0, 0.1) is 5.82 Å². The van der Waals surface area contributed by atoms with Crippen LogP contribution in [0.2, 0.25) is 0 Å². The Labute approximate surface area is 220 Å². The molecule has 1 aliphatic rings. The second-order valence-electron chi connectivity index (χ2n) is 9.87. The minimum atomic E-state index is -2.63. The molecular formula is C29H22F3N7. The Morgan fingerprint density at radius 1 is 0.923 bits per heavy atom. The van der Waals surface area contributed by atoms with Gasteiger partial charge in [-0.1, -0.05) is 18.2 Å². The van der Waals surface area contributed by atoms with Gasteiger partial charge < -0.3 is 9.97 Å². The maximum atomic E-state index is 14.6. The number of hydrogen-bond donors (Lipinski definition) is 2. The lowest BCUT2D eigenvalue weighted by atomic mass is 10.1. The number of imidazole rings is 1. The molecule has 0 saturated carbocycles. The lowest BCUT2D eigenvalue weighted by Crippen LogP contribution is -2.24. The van der Waals surface area contributed by atoms with E-state index < -0.39 is 5.92 Å². The minimum absolute atomic E-state index is 0.114. The molecule has 5 aromatic heterocycles. The van der Waals surface area contributed by atoms with Gasteiger partial charge in [-0.05, 0) is 23.8 Å². The summed E-state index contributed by atoms with van der Waals surface area (Å²) in [7, 11) is 0. The molecule has 7 rings (SSSR count). The van der Waals surface area contributed by atoms with Crippen molar-refractivity contribution in [2.45, 2.75) is 18.9 Å². The number of rotatable bonds is 5. The molecule has 6 aromatic rings. The van der Waals surface area contributed by atoms with Gasteiger partial charge in [0.05, 0.1) is 18.3 Å². The summed E-state index contributed by atoms with van der Waals surface area (Å²) in [6.45, 7) is 0.547. The summed E-state index contributed by atoms with van der Waals surface area (Å²) in [5, 5.41) is 0.844. The van der Waals surface area contributed by atoms with Gasteiger partial charge in [0.1, 0.15) is 22.8 Å². The second-order valence-corrected chi connectivity index (χ2v) is 9.87. The van der Waals surface area contributed by atoms with Crippen LogP contribution in [-0.2, 0) is 6.54 Å². The van der Waals surface area contributed by atoms with E-state index in [2.05, 4.69) is 24.9 Å². The summed E-state index contributed by atoms with van der Waals surface area (Å²) in [6.07, 6.45) is 10.2. The average Bonchev–Trinajstić information content (AvgIpc) is 3.64. The molecule has 1 aliphatic heterocycles. The molecule has 0 spiro atoms. The van der Waals surface area contributed by atoms with Crippen molar-refractivity contribution < 1.29 is 13.2 Å². The highest BCUT2D eigenvalue weighted by molar-refractivity contribution is 5.98. The van der Waals surface area contributed by atoms with E-state index in [-0.39, 0.29) is 18.8 Å². The predicted molar refractivity (Wildman–Crippen MR) is 142 cm³/mol. The van der Waals surface area contributed by atoms with E-state index in [9.17, 15) is 13.2 Å². The standard InChI is InChI=1S/C29H22F3N7/c30-24-4-2-1-3-20(24)22-12-34-14-25-26(22)38-28(37-25)23-13-36-27-21(23)8-19(11-35-27)18-7-17(9-33-10-18)15-39-6-5-29(31,32)16-39/h1-4,7-14H,5-6,15-16H2,(H,35,36)(H,37,38). The maximum absolute atomic E-state index is 14.6. The SMILES string of the molecule is Fc1ccccc1-c1cncc2[nH]c(-c3c[nH]c4ncc(-c5cncc(CN6CCC(F)(F)C6)c5)cc34)nc12. The average molecular weight is 526 g/mol. The zero-order valence-electron chi connectivity index (χ0n) is 20.6. The number of hydrogen-bond acceptors (Lipinski definition) is 5. The largest absolute Gasteiger partial charge is 0.345 e. The van der Waals surface area contributed by atoms with E-state index >= 15 is 0 Å². The zero-order chi connectivity index (χ0) is 26.6. The van der Waals surface area contributed by atoms with E-state index in [1.54, 1.807) is 54.1 Å². The third kappa shape index (κ3) is 4.32. The first kappa shape index (κ1) is 23.5. The van der Waals surface area contributed by atoms with Crippen molar-refractivity contribution in [3.8, 4) is 33.6 Å². The van der Waals surface area contributed by atoms with Crippen LogP contribution in [0.3, 0.4) is 0 Å². The lowest BCUT2D eigenvalue weighted by Gasteiger charge is -2.15. The fourth-order valence-corrected chi connectivity index (χ4v) is 5.23. The number of fused-ring (bicyclic) bond motifs is 2. The van der Waals surface area contributed by atoms with Crippen LogP contribution >= 0.6 is 0 Å². The number of benzene rings is 1. The van der Waals surface area contributed by atoms with Crippen molar-refractivity contribution in [3.63, 3.8) is 0 Å². The summed E-state index contributed by atoms with van der Waals surface area (Å²) in [4.78, 5) is 26.3. The number of nitrogens with zero attached hydrogens (tertiary/aromatic N) is 5. The van der Waals surface area contributed by atoms with Gasteiger partial charge in [-0.2, -0.15) is 0 Å². The van der Waals surface area contributed by atoms with Crippen LogP contribution in [0.25, 0.3) is 55.7 Å². The van der Waals surface area contributed by atoms with Crippen LogP contribution in [0.4, 0.5) is 13.2 Å². The Hall–Kier alpha value is -4.57. The lowest BCUT2D eigenvalue weighted by molar-refractivity contribution is 0.0115. The molecule has 0 atom stereocenters. The summed E-state index contributed by atoms with van der Waals surface area (Å²) in [5.74, 6) is -2.37. The molecule has 1 aromatic carbocycles. The molecule has 39 heavy (non-hydrogen) atoms. The van der Waals surface area contributed by atoms with E-state index in [1.165, 1.54) is 6.07 Å². The number of likely N-dealkylation sites (tertiary alicyclic amines) is 1. The van der Waals surface area contributed by atoms with Crippen molar-refractivity contribution in [2.24, 2.45) is 0 Å². The Morgan fingerprint density at radius 3 is 2.62 bits per heavy atom. The van der Waals surface area contributed by atoms with Gasteiger partial charge in [0.2, 0.25) is 0 Å². The van der Waals surface area contributed by atoms with Crippen LogP contribution < -0.4 is 0 Å². The molecule has 2 N–H and O–H groups in total. The van der Waals surface area contributed by atoms with E-state index in [1.807, 2.05) is 18.3 Å². The van der Waals surface area contributed by atoms with Crippen LogP contribution in [0.15, 0.2) is 73.6 Å². The number of alkyl halides is 2. The summed E-state index contributed by atoms with van der Waals surface area (Å²) in [6, 6.07) is 10.5. The minimum Gasteiger partial charge on any atom is -0.345 e. The van der Waals surface area contributed by atoms with Gasteiger partial charge in [0, 0.05) is 83.7 Å². The Morgan fingerprint density at radius 2 is 1.77 bits per heavy atom.